The Hall–Kier alpha value is -2.18. The highest BCUT2D eigenvalue weighted by molar-refractivity contribution is 5.89. The minimum absolute atomic E-state index is 0.100. The van der Waals surface area contributed by atoms with Crippen LogP contribution in [0.15, 0.2) is 17.1 Å². The number of rotatable bonds is 3. The van der Waals surface area contributed by atoms with E-state index in [-0.39, 0.29) is 5.57 Å². The summed E-state index contributed by atoms with van der Waals surface area (Å²) in [7, 11) is 0. The van der Waals surface area contributed by atoms with Gasteiger partial charge in [-0.3, -0.25) is 4.79 Å². The van der Waals surface area contributed by atoms with Crippen molar-refractivity contribution in [3.05, 3.63) is 12.2 Å². The first-order valence-electron chi connectivity index (χ1n) is 5.16. The van der Waals surface area contributed by atoms with Gasteiger partial charge >= 0.3 is 18.0 Å². The van der Waals surface area contributed by atoms with Gasteiger partial charge in [0.25, 0.3) is 0 Å². The highest BCUT2D eigenvalue weighted by atomic mass is 16.7. The maximum Gasteiger partial charge on any atom is 0.379 e. The van der Waals surface area contributed by atoms with Crippen LogP contribution in [0.3, 0.4) is 0 Å². The smallest absolute Gasteiger partial charge is 0.379 e. The quantitative estimate of drug-likeness (QED) is 0.251. The van der Waals surface area contributed by atoms with Gasteiger partial charge < -0.3 is 9.57 Å². The number of hydrogen-bond acceptors (Lipinski definition) is 5. The molecule has 7 nitrogen and oxygen atoms in total. The lowest BCUT2D eigenvalue weighted by molar-refractivity contribution is -0.210. The summed E-state index contributed by atoms with van der Waals surface area (Å²) in [4.78, 5) is 41.9. The molecule has 0 saturated heterocycles. The summed E-state index contributed by atoms with van der Waals surface area (Å²) in [6.07, 6.45) is 0.145. The van der Waals surface area contributed by atoms with Gasteiger partial charge in [-0.15, -0.1) is 5.06 Å². The number of esters is 1. The average Bonchev–Trinajstić information content (AvgIpc) is 2.24. The van der Waals surface area contributed by atoms with Gasteiger partial charge in [0.1, 0.15) is 0 Å². The molecular formula is C11H16N2O5. The first-order chi connectivity index (χ1) is 8.29. The van der Waals surface area contributed by atoms with Gasteiger partial charge in [0, 0.05) is 18.7 Å². The second-order valence-corrected chi connectivity index (χ2v) is 3.36. The molecule has 1 unspecified atom stereocenters. The molecule has 2 amide bonds. The number of amides is 2. The van der Waals surface area contributed by atoms with E-state index in [9.17, 15) is 14.4 Å². The van der Waals surface area contributed by atoms with E-state index in [1.807, 2.05) is 0 Å². The van der Waals surface area contributed by atoms with Gasteiger partial charge in [-0.2, -0.15) is 0 Å². The van der Waals surface area contributed by atoms with Crippen LogP contribution in [0.4, 0.5) is 4.79 Å². The fourth-order valence-corrected chi connectivity index (χ4v) is 0.891. The summed E-state index contributed by atoms with van der Waals surface area (Å²) in [5.41, 5.74) is 0.100. The molecule has 0 saturated carbocycles. The van der Waals surface area contributed by atoms with Gasteiger partial charge in [0.15, 0.2) is 0 Å². The molecule has 0 radical (unpaired) electrons. The summed E-state index contributed by atoms with van der Waals surface area (Å²) >= 11 is 0. The topological polar surface area (TPSA) is 85.3 Å². The number of ether oxygens (including phenoxy) is 1. The normalized spacial score (nSPS) is 11.8. The highest BCUT2D eigenvalue weighted by Gasteiger charge is 2.26. The number of nitrogens with zero attached hydrogens (tertiary/aromatic N) is 2. The zero-order valence-electron chi connectivity index (χ0n) is 10.8. The monoisotopic (exact) mass is 256 g/mol. The fraction of sp³-hybridized carbons (Fsp3) is 0.455. The SMILES string of the molecule is C=C(C)C(=O)ON(C(=O)N=CC)C(C)OC(C)=O. The molecule has 0 bridgehead atoms. The molecule has 100 valence electrons. The van der Waals surface area contributed by atoms with Gasteiger partial charge in [-0.1, -0.05) is 6.58 Å². The lowest BCUT2D eigenvalue weighted by atomic mass is 10.4. The number of hydroxylamine groups is 2. The molecule has 0 N–H and O–H groups in total. The Morgan fingerprint density at radius 1 is 1.33 bits per heavy atom. The van der Waals surface area contributed by atoms with E-state index in [4.69, 9.17) is 9.57 Å². The molecule has 0 spiro atoms. The molecule has 0 rings (SSSR count). The van der Waals surface area contributed by atoms with Crippen LogP contribution < -0.4 is 0 Å². The molecule has 0 aromatic heterocycles. The predicted octanol–water partition coefficient (Wildman–Crippen LogP) is 1.44. The Morgan fingerprint density at radius 3 is 2.28 bits per heavy atom. The van der Waals surface area contributed by atoms with Crippen molar-refractivity contribution in [3.8, 4) is 0 Å². The molecule has 0 aliphatic carbocycles. The van der Waals surface area contributed by atoms with Crippen molar-refractivity contribution in [1.82, 2.24) is 5.06 Å². The van der Waals surface area contributed by atoms with Crippen molar-refractivity contribution in [2.24, 2.45) is 4.99 Å². The van der Waals surface area contributed by atoms with Crippen LogP contribution in [-0.2, 0) is 19.2 Å². The average molecular weight is 256 g/mol. The van der Waals surface area contributed by atoms with E-state index in [0.717, 1.165) is 0 Å². The molecular weight excluding hydrogens is 240 g/mol. The molecule has 0 heterocycles. The molecule has 0 fully saturated rings. The second-order valence-electron chi connectivity index (χ2n) is 3.36. The van der Waals surface area contributed by atoms with Crippen LogP contribution in [0.2, 0.25) is 0 Å². The van der Waals surface area contributed by atoms with Crippen molar-refractivity contribution in [2.75, 3.05) is 0 Å². The van der Waals surface area contributed by atoms with Crippen LogP contribution in [0.25, 0.3) is 0 Å². The molecule has 0 aliphatic rings. The van der Waals surface area contributed by atoms with Gasteiger partial charge in [-0.05, 0) is 20.8 Å². The minimum Gasteiger partial charge on any atom is -0.439 e. The standard InChI is InChI=1S/C11H16N2O5/c1-6-12-11(16)13(8(4)17-9(5)14)18-10(15)7(2)3/h6,8H,2H2,1,3-5H3. The lowest BCUT2D eigenvalue weighted by Crippen LogP contribution is -2.41. The fourth-order valence-electron chi connectivity index (χ4n) is 0.891. The van der Waals surface area contributed by atoms with E-state index in [1.54, 1.807) is 0 Å². The van der Waals surface area contributed by atoms with Gasteiger partial charge in [0.2, 0.25) is 6.23 Å². The van der Waals surface area contributed by atoms with Crippen LogP contribution in [0.5, 0.6) is 0 Å². The zero-order valence-corrected chi connectivity index (χ0v) is 10.8. The Kier molecular flexibility index (Phi) is 6.33. The molecule has 0 aliphatic heterocycles. The van der Waals surface area contributed by atoms with Crippen molar-refractivity contribution >= 4 is 24.2 Å². The third-order valence-corrected chi connectivity index (χ3v) is 1.62. The van der Waals surface area contributed by atoms with Crippen LogP contribution in [0, 0.1) is 0 Å². The molecule has 0 aromatic rings. The van der Waals surface area contributed by atoms with Crippen molar-refractivity contribution in [1.29, 1.82) is 0 Å². The number of carbonyl (C=O) groups is 3. The first kappa shape index (κ1) is 15.8. The first-order valence-corrected chi connectivity index (χ1v) is 5.16. The summed E-state index contributed by atoms with van der Waals surface area (Å²) in [5, 5.41) is 0.568. The zero-order chi connectivity index (χ0) is 14.3. The Balaban J connectivity index is 4.92. The van der Waals surface area contributed by atoms with E-state index in [2.05, 4.69) is 11.6 Å². The molecule has 18 heavy (non-hydrogen) atoms. The van der Waals surface area contributed by atoms with Gasteiger partial charge in [-0.25, -0.2) is 14.6 Å². The Labute approximate surface area is 105 Å². The summed E-state index contributed by atoms with van der Waals surface area (Å²) in [6, 6.07) is -0.860. The number of hydrogen-bond donors (Lipinski definition) is 0. The summed E-state index contributed by atoms with van der Waals surface area (Å²) in [5.74, 6) is -1.43. The van der Waals surface area contributed by atoms with E-state index in [1.165, 1.54) is 33.9 Å². The van der Waals surface area contributed by atoms with Crippen LogP contribution in [0.1, 0.15) is 27.7 Å². The van der Waals surface area contributed by atoms with Gasteiger partial charge in [0.05, 0.1) is 0 Å². The molecule has 7 heteroatoms. The third-order valence-electron chi connectivity index (χ3n) is 1.62. The molecule has 0 aromatic carbocycles. The second kappa shape index (κ2) is 7.21. The summed E-state index contributed by atoms with van der Waals surface area (Å²) in [6.45, 7) is 8.86. The van der Waals surface area contributed by atoms with Crippen LogP contribution in [-0.4, -0.2) is 35.5 Å². The van der Waals surface area contributed by atoms with E-state index in [0.29, 0.717) is 5.06 Å². The van der Waals surface area contributed by atoms with Crippen molar-refractivity contribution in [2.45, 2.75) is 33.9 Å². The third kappa shape index (κ3) is 5.24. The van der Waals surface area contributed by atoms with E-state index < -0.39 is 24.2 Å². The lowest BCUT2D eigenvalue weighted by Gasteiger charge is -2.24. The maximum atomic E-state index is 11.6. The molecule has 1 atom stereocenters. The Bertz CT molecular complexity index is 389. The highest BCUT2D eigenvalue weighted by Crippen LogP contribution is 2.08. The maximum absolute atomic E-state index is 11.6. The summed E-state index contributed by atoms with van der Waals surface area (Å²) < 4.78 is 4.75. The van der Waals surface area contributed by atoms with Crippen molar-refractivity contribution in [3.63, 3.8) is 0 Å². The number of urea groups is 1. The number of carbonyl (C=O) groups excluding carboxylic acids is 3. The van der Waals surface area contributed by atoms with Crippen LogP contribution >= 0.6 is 0 Å². The largest absolute Gasteiger partial charge is 0.439 e. The Morgan fingerprint density at radius 2 is 1.89 bits per heavy atom. The predicted molar refractivity (Wildman–Crippen MR) is 63.5 cm³/mol. The van der Waals surface area contributed by atoms with Crippen molar-refractivity contribution < 1.29 is 24.0 Å². The number of aliphatic imine (C=N–C) groups is 1. The van der Waals surface area contributed by atoms with E-state index >= 15 is 0 Å². The minimum atomic E-state index is -1.08.